The molecule has 7 heteroatoms. The number of rotatable bonds is 5. The van der Waals surface area contributed by atoms with Crippen molar-refractivity contribution in [3.8, 4) is 0 Å². The van der Waals surface area contributed by atoms with Gasteiger partial charge in [0.15, 0.2) is 0 Å². The van der Waals surface area contributed by atoms with E-state index in [9.17, 15) is 10.1 Å². The van der Waals surface area contributed by atoms with Gasteiger partial charge in [0.05, 0.1) is 10.6 Å². The van der Waals surface area contributed by atoms with Crippen LogP contribution in [0.1, 0.15) is 6.92 Å². The number of benzene rings is 1. The molecule has 2 rings (SSSR count). The van der Waals surface area contributed by atoms with Gasteiger partial charge in [-0.1, -0.05) is 0 Å². The molecule has 1 fully saturated rings. The number of nitro benzene ring substituents is 1. The first kappa shape index (κ1) is 14.5. The molecule has 0 atom stereocenters. The molecule has 1 saturated heterocycles. The molecule has 0 amide bonds. The Hall–Kier alpha value is -1.86. The van der Waals surface area contributed by atoms with Crippen LogP contribution in [-0.2, 0) is 0 Å². The van der Waals surface area contributed by atoms with Gasteiger partial charge in [0.2, 0.25) is 0 Å². The fourth-order valence-electron chi connectivity index (χ4n) is 2.19. The maximum Gasteiger partial charge on any atom is 0.273 e. The second kappa shape index (κ2) is 6.53. The molecule has 1 heterocycles. The van der Waals surface area contributed by atoms with Crippen molar-refractivity contribution < 1.29 is 4.92 Å². The minimum absolute atomic E-state index is 0.0973. The Kier molecular flexibility index (Phi) is 4.75. The predicted octanol–water partition coefficient (Wildman–Crippen LogP) is 1.60. The number of hydrazine groups is 1. The van der Waals surface area contributed by atoms with Crippen molar-refractivity contribution in [3.05, 3.63) is 28.3 Å². The molecule has 0 saturated carbocycles. The molecule has 0 aromatic heterocycles. The van der Waals surface area contributed by atoms with Crippen LogP contribution in [0.4, 0.5) is 17.1 Å². The van der Waals surface area contributed by atoms with Crippen LogP contribution in [0.3, 0.4) is 0 Å². The molecular weight excluding hydrogens is 258 g/mol. The molecule has 0 aliphatic carbocycles. The van der Waals surface area contributed by atoms with Crippen molar-refractivity contribution in [2.24, 2.45) is 0 Å². The monoisotopic (exact) mass is 279 g/mol. The SMILES string of the molecule is CCNc1cc(NN2CCN(C)CC2)cc([N+](=O)[O-])c1. The normalized spacial score (nSPS) is 16.9. The number of hydrogen-bond acceptors (Lipinski definition) is 6. The molecule has 1 aliphatic heterocycles. The van der Waals surface area contributed by atoms with Gasteiger partial charge in [-0.05, 0) is 20.0 Å². The number of likely N-dealkylation sites (N-methyl/N-ethyl adjacent to an activating group) is 1. The van der Waals surface area contributed by atoms with Crippen molar-refractivity contribution in [2.75, 3.05) is 50.5 Å². The predicted molar refractivity (Wildman–Crippen MR) is 80.0 cm³/mol. The topological polar surface area (TPSA) is 73.7 Å². The third-order valence-corrected chi connectivity index (χ3v) is 3.30. The zero-order valence-corrected chi connectivity index (χ0v) is 11.9. The Labute approximate surface area is 118 Å². The summed E-state index contributed by atoms with van der Waals surface area (Å²) in [5.74, 6) is 0. The van der Waals surface area contributed by atoms with Crippen molar-refractivity contribution in [2.45, 2.75) is 6.92 Å². The minimum Gasteiger partial charge on any atom is -0.385 e. The first-order valence-electron chi connectivity index (χ1n) is 6.82. The number of anilines is 2. The summed E-state index contributed by atoms with van der Waals surface area (Å²) in [7, 11) is 2.09. The number of nitrogens with one attached hydrogen (secondary N) is 2. The molecule has 0 spiro atoms. The molecule has 0 radical (unpaired) electrons. The molecule has 0 unspecified atom stereocenters. The summed E-state index contributed by atoms with van der Waals surface area (Å²) in [6.45, 7) is 6.47. The third kappa shape index (κ3) is 3.82. The summed E-state index contributed by atoms with van der Waals surface area (Å²) in [5.41, 5.74) is 4.87. The summed E-state index contributed by atoms with van der Waals surface area (Å²) in [5, 5.41) is 16.2. The van der Waals surface area contributed by atoms with E-state index in [-0.39, 0.29) is 10.6 Å². The van der Waals surface area contributed by atoms with Gasteiger partial charge in [-0.25, -0.2) is 5.01 Å². The fourth-order valence-corrected chi connectivity index (χ4v) is 2.19. The molecule has 7 nitrogen and oxygen atoms in total. The van der Waals surface area contributed by atoms with E-state index in [1.54, 1.807) is 12.1 Å². The summed E-state index contributed by atoms with van der Waals surface area (Å²) in [4.78, 5) is 12.9. The van der Waals surface area contributed by atoms with Crippen molar-refractivity contribution >= 4 is 17.1 Å². The molecule has 20 heavy (non-hydrogen) atoms. The molecule has 0 bridgehead atoms. The average Bonchev–Trinajstić information content (AvgIpc) is 2.41. The summed E-state index contributed by atoms with van der Waals surface area (Å²) in [6.07, 6.45) is 0. The summed E-state index contributed by atoms with van der Waals surface area (Å²) >= 11 is 0. The van der Waals surface area contributed by atoms with E-state index >= 15 is 0 Å². The second-order valence-electron chi connectivity index (χ2n) is 4.96. The first-order valence-corrected chi connectivity index (χ1v) is 6.82. The van der Waals surface area contributed by atoms with Gasteiger partial charge >= 0.3 is 0 Å². The van der Waals surface area contributed by atoms with E-state index in [0.717, 1.165) is 44.1 Å². The second-order valence-corrected chi connectivity index (χ2v) is 4.96. The standard InChI is InChI=1S/C13H21N5O2/c1-3-14-11-8-12(10-13(9-11)18(19)20)15-17-6-4-16(2)5-7-17/h8-10,14-15H,3-7H2,1-2H3. The van der Waals surface area contributed by atoms with Crippen LogP contribution in [0.2, 0.25) is 0 Å². The molecule has 1 aromatic rings. The quantitative estimate of drug-likeness (QED) is 0.630. The average molecular weight is 279 g/mol. The number of piperazine rings is 1. The highest BCUT2D eigenvalue weighted by Crippen LogP contribution is 2.24. The molecule has 1 aromatic carbocycles. The molecule has 110 valence electrons. The van der Waals surface area contributed by atoms with Crippen LogP contribution in [0.15, 0.2) is 18.2 Å². The molecule has 2 N–H and O–H groups in total. The van der Waals surface area contributed by atoms with Crippen LogP contribution in [0, 0.1) is 10.1 Å². The highest BCUT2D eigenvalue weighted by Gasteiger charge is 2.15. The zero-order valence-electron chi connectivity index (χ0n) is 11.9. The maximum absolute atomic E-state index is 11.0. The highest BCUT2D eigenvalue weighted by molar-refractivity contribution is 5.63. The van der Waals surface area contributed by atoms with Gasteiger partial charge in [0.25, 0.3) is 5.69 Å². The van der Waals surface area contributed by atoms with Crippen LogP contribution in [-0.4, -0.2) is 54.6 Å². The Morgan fingerprint density at radius 2 is 1.85 bits per heavy atom. The van der Waals surface area contributed by atoms with E-state index < -0.39 is 0 Å². The third-order valence-electron chi connectivity index (χ3n) is 3.30. The van der Waals surface area contributed by atoms with Crippen LogP contribution < -0.4 is 10.7 Å². The van der Waals surface area contributed by atoms with E-state index in [4.69, 9.17) is 0 Å². The summed E-state index contributed by atoms with van der Waals surface area (Å²) < 4.78 is 0. The Morgan fingerprint density at radius 3 is 2.45 bits per heavy atom. The Morgan fingerprint density at radius 1 is 1.20 bits per heavy atom. The lowest BCUT2D eigenvalue weighted by Crippen LogP contribution is -2.46. The number of non-ortho nitro benzene ring substituents is 1. The van der Waals surface area contributed by atoms with Gasteiger partial charge in [-0.2, -0.15) is 0 Å². The highest BCUT2D eigenvalue weighted by atomic mass is 16.6. The molecule has 1 aliphatic rings. The Balaban J connectivity index is 2.11. The van der Waals surface area contributed by atoms with Gasteiger partial charge < -0.3 is 15.6 Å². The van der Waals surface area contributed by atoms with Gasteiger partial charge in [0, 0.05) is 50.5 Å². The van der Waals surface area contributed by atoms with E-state index in [2.05, 4.69) is 27.7 Å². The van der Waals surface area contributed by atoms with Crippen LogP contribution in [0.5, 0.6) is 0 Å². The van der Waals surface area contributed by atoms with Crippen LogP contribution >= 0.6 is 0 Å². The smallest absolute Gasteiger partial charge is 0.273 e. The van der Waals surface area contributed by atoms with E-state index in [1.165, 1.54) is 0 Å². The van der Waals surface area contributed by atoms with Gasteiger partial charge in [-0.15, -0.1) is 0 Å². The lowest BCUT2D eigenvalue weighted by molar-refractivity contribution is -0.384. The molecular formula is C13H21N5O2. The van der Waals surface area contributed by atoms with E-state index in [1.807, 2.05) is 13.0 Å². The van der Waals surface area contributed by atoms with E-state index in [0.29, 0.717) is 0 Å². The lowest BCUT2D eigenvalue weighted by atomic mass is 10.2. The van der Waals surface area contributed by atoms with Gasteiger partial charge in [0.1, 0.15) is 0 Å². The van der Waals surface area contributed by atoms with Crippen LogP contribution in [0.25, 0.3) is 0 Å². The van der Waals surface area contributed by atoms with Crippen molar-refractivity contribution in [3.63, 3.8) is 0 Å². The van der Waals surface area contributed by atoms with Gasteiger partial charge in [-0.3, -0.25) is 10.1 Å². The minimum atomic E-state index is -0.365. The lowest BCUT2D eigenvalue weighted by Gasteiger charge is -2.33. The number of nitro groups is 1. The van der Waals surface area contributed by atoms with Crippen molar-refractivity contribution in [1.82, 2.24) is 9.91 Å². The fraction of sp³-hybridized carbons (Fsp3) is 0.538. The Bertz CT molecular complexity index is 472. The summed E-state index contributed by atoms with van der Waals surface area (Å²) in [6, 6.07) is 5.02. The first-order chi connectivity index (χ1) is 9.58. The van der Waals surface area contributed by atoms with Crippen molar-refractivity contribution in [1.29, 1.82) is 0 Å². The maximum atomic E-state index is 11.0. The number of hydrogen-bond donors (Lipinski definition) is 2. The number of nitrogens with zero attached hydrogens (tertiary/aromatic N) is 3. The zero-order chi connectivity index (χ0) is 14.5. The largest absolute Gasteiger partial charge is 0.385 e.